The molecule has 140 valence electrons. The molecule has 26 heavy (non-hydrogen) atoms. The molecule has 0 bridgehead atoms. The maximum absolute atomic E-state index is 5.99. The molecule has 0 amide bonds. The lowest BCUT2D eigenvalue weighted by atomic mass is 10.2. The molecular weight excluding hydrogens is 445 g/mol. The van der Waals surface area contributed by atoms with E-state index in [0.717, 1.165) is 37.2 Å². The van der Waals surface area contributed by atoms with Crippen LogP contribution >= 0.6 is 24.0 Å². The van der Waals surface area contributed by atoms with Crippen LogP contribution in [0.15, 0.2) is 33.8 Å². The van der Waals surface area contributed by atoms with Gasteiger partial charge in [-0.25, -0.2) is 0 Å². The molecule has 0 radical (unpaired) electrons. The summed E-state index contributed by atoms with van der Waals surface area (Å²) in [6.45, 7) is 2.56. The molecule has 2 aliphatic rings. The number of guanidine groups is 1. The lowest BCUT2D eigenvalue weighted by molar-refractivity contribution is 0.0309. The van der Waals surface area contributed by atoms with Gasteiger partial charge in [0.1, 0.15) is 6.10 Å². The molecule has 1 saturated heterocycles. The number of nitrogens with one attached hydrogen (secondary N) is 1. The normalized spacial score (nSPS) is 22.9. The Morgan fingerprint density at radius 2 is 2.15 bits per heavy atom. The van der Waals surface area contributed by atoms with Crippen LogP contribution in [0.25, 0.3) is 0 Å². The lowest BCUT2D eigenvalue weighted by Crippen LogP contribution is -2.24. The van der Waals surface area contributed by atoms with Crippen molar-refractivity contribution < 1.29 is 9.26 Å². The molecule has 8 heteroatoms. The third-order valence-electron chi connectivity index (χ3n) is 4.54. The number of aliphatic imine (C=N–C) groups is 1. The number of nitrogens with zero attached hydrogens (tertiary/aromatic N) is 3. The molecule has 0 unspecified atom stereocenters. The Balaban J connectivity index is 0.00000196. The van der Waals surface area contributed by atoms with Crippen molar-refractivity contribution in [1.29, 1.82) is 0 Å². The first kappa shape index (κ1) is 19.1. The van der Waals surface area contributed by atoms with Crippen LogP contribution in [0.2, 0.25) is 0 Å². The molecule has 1 aromatic heterocycles. The van der Waals surface area contributed by atoms with E-state index in [4.69, 9.17) is 15.0 Å². The molecule has 4 rings (SSSR count). The van der Waals surface area contributed by atoms with Crippen LogP contribution in [0.4, 0.5) is 5.69 Å². The summed E-state index contributed by atoms with van der Waals surface area (Å²) in [5, 5.41) is 7.16. The standard InChI is InChI=1S/C18H23N5O2.HI/c1-11-3-2-4-13(9-11)21-18(19)20-10-14-7-8-15(24-14)17-22-16(23-25-17)12-5-6-12;/h2-4,9,12,14-15H,5-8,10H2,1H3,(H3,19,20,21);1H/t14-,15+;/m1./s1. The predicted octanol–water partition coefficient (Wildman–Crippen LogP) is 3.52. The molecule has 2 atom stereocenters. The smallest absolute Gasteiger partial charge is 0.255 e. The van der Waals surface area contributed by atoms with E-state index in [0.29, 0.717) is 24.3 Å². The minimum atomic E-state index is -0.119. The highest BCUT2D eigenvalue weighted by molar-refractivity contribution is 14.0. The van der Waals surface area contributed by atoms with Crippen LogP contribution in [0.3, 0.4) is 0 Å². The van der Waals surface area contributed by atoms with E-state index >= 15 is 0 Å². The maximum Gasteiger partial charge on any atom is 0.255 e. The lowest BCUT2D eigenvalue weighted by Gasteiger charge is -2.10. The van der Waals surface area contributed by atoms with Gasteiger partial charge in [-0.3, -0.25) is 4.99 Å². The van der Waals surface area contributed by atoms with Gasteiger partial charge >= 0.3 is 0 Å². The van der Waals surface area contributed by atoms with Crippen LogP contribution in [0, 0.1) is 6.92 Å². The van der Waals surface area contributed by atoms with Crippen molar-refractivity contribution >= 4 is 35.6 Å². The largest absolute Gasteiger partial charge is 0.370 e. The topological polar surface area (TPSA) is 98.6 Å². The summed E-state index contributed by atoms with van der Waals surface area (Å²) in [6.07, 6.45) is 4.01. The number of aromatic nitrogens is 2. The Morgan fingerprint density at radius 3 is 2.92 bits per heavy atom. The number of benzene rings is 1. The summed E-state index contributed by atoms with van der Waals surface area (Å²) in [7, 11) is 0. The van der Waals surface area contributed by atoms with Crippen LogP contribution in [-0.2, 0) is 4.74 Å². The van der Waals surface area contributed by atoms with Crippen LogP contribution in [-0.4, -0.2) is 28.7 Å². The first-order valence-electron chi connectivity index (χ1n) is 8.80. The summed E-state index contributed by atoms with van der Waals surface area (Å²) >= 11 is 0. The highest BCUT2D eigenvalue weighted by Crippen LogP contribution is 2.39. The summed E-state index contributed by atoms with van der Waals surface area (Å²) < 4.78 is 11.3. The van der Waals surface area contributed by atoms with Gasteiger partial charge in [0.25, 0.3) is 5.89 Å². The monoisotopic (exact) mass is 469 g/mol. The molecule has 1 saturated carbocycles. The zero-order valence-corrected chi connectivity index (χ0v) is 17.1. The second kappa shape index (κ2) is 8.34. The predicted molar refractivity (Wildman–Crippen MR) is 110 cm³/mol. The molecule has 2 fully saturated rings. The fraction of sp³-hybridized carbons (Fsp3) is 0.500. The Labute approximate surface area is 169 Å². The SMILES string of the molecule is Cc1cccc(NC(N)=NC[C@H]2CC[C@@H](c3nc(C4CC4)no3)O2)c1.I. The molecule has 7 nitrogen and oxygen atoms in total. The summed E-state index contributed by atoms with van der Waals surface area (Å²) in [5.74, 6) is 2.31. The first-order chi connectivity index (χ1) is 12.2. The van der Waals surface area contributed by atoms with E-state index in [1.54, 1.807) is 0 Å². The van der Waals surface area contributed by atoms with E-state index < -0.39 is 0 Å². The van der Waals surface area contributed by atoms with E-state index in [1.165, 1.54) is 5.56 Å². The minimum absolute atomic E-state index is 0. The molecule has 3 N–H and O–H groups in total. The second-order valence-electron chi connectivity index (χ2n) is 6.81. The van der Waals surface area contributed by atoms with Crippen LogP contribution in [0.5, 0.6) is 0 Å². The quantitative estimate of drug-likeness (QED) is 0.395. The average molecular weight is 469 g/mol. The fourth-order valence-electron chi connectivity index (χ4n) is 3.02. The highest BCUT2D eigenvalue weighted by atomic mass is 127. The number of nitrogens with two attached hydrogens (primary N) is 1. The van der Waals surface area contributed by atoms with Crippen molar-refractivity contribution in [2.45, 2.75) is 50.7 Å². The number of aryl methyl sites for hydroxylation is 1. The van der Waals surface area contributed by atoms with Crippen molar-refractivity contribution in [1.82, 2.24) is 10.1 Å². The highest BCUT2D eigenvalue weighted by Gasteiger charge is 2.34. The average Bonchev–Trinajstić information content (AvgIpc) is 3.14. The number of hydrogen-bond donors (Lipinski definition) is 2. The van der Waals surface area contributed by atoms with Crippen molar-refractivity contribution in [2.75, 3.05) is 11.9 Å². The van der Waals surface area contributed by atoms with Crippen LogP contribution in [0.1, 0.15) is 55.0 Å². The Bertz CT molecular complexity index is 774. The van der Waals surface area contributed by atoms with Crippen molar-refractivity contribution in [2.24, 2.45) is 10.7 Å². The Morgan fingerprint density at radius 1 is 1.31 bits per heavy atom. The molecule has 1 aliphatic heterocycles. The van der Waals surface area contributed by atoms with Gasteiger partial charge in [-0.15, -0.1) is 24.0 Å². The van der Waals surface area contributed by atoms with Crippen molar-refractivity contribution in [3.8, 4) is 0 Å². The minimum Gasteiger partial charge on any atom is -0.370 e. The van der Waals surface area contributed by atoms with Gasteiger partial charge in [-0.05, 0) is 50.3 Å². The summed E-state index contributed by atoms with van der Waals surface area (Å²) in [4.78, 5) is 8.87. The second-order valence-corrected chi connectivity index (χ2v) is 6.81. The van der Waals surface area contributed by atoms with Crippen LogP contribution < -0.4 is 11.1 Å². The van der Waals surface area contributed by atoms with Gasteiger partial charge in [0.05, 0.1) is 12.6 Å². The molecule has 0 spiro atoms. The van der Waals surface area contributed by atoms with E-state index in [9.17, 15) is 0 Å². The maximum atomic E-state index is 5.99. The molecular formula is C18H24IN5O2. The van der Waals surface area contributed by atoms with Crippen molar-refractivity contribution in [3.05, 3.63) is 41.5 Å². The van der Waals surface area contributed by atoms with Crippen molar-refractivity contribution in [3.63, 3.8) is 0 Å². The molecule has 2 heterocycles. The van der Waals surface area contributed by atoms with Gasteiger partial charge in [0.2, 0.25) is 0 Å². The number of anilines is 1. The Hall–Kier alpha value is -1.68. The fourth-order valence-corrected chi connectivity index (χ4v) is 3.02. The Kier molecular flexibility index (Phi) is 6.13. The van der Waals surface area contributed by atoms with E-state index in [1.807, 2.05) is 31.2 Å². The van der Waals surface area contributed by atoms with Gasteiger partial charge in [0, 0.05) is 11.6 Å². The number of halogens is 1. The van der Waals surface area contributed by atoms with Gasteiger partial charge in [-0.1, -0.05) is 17.3 Å². The molecule has 1 aromatic carbocycles. The van der Waals surface area contributed by atoms with Gasteiger partial charge in [-0.2, -0.15) is 4.98 Å². The number of ether oxygens (including phenoxy) is 1. The molecule has 2 aromatic rings. The number of rotatable bonds is 5. The van der Waals surface area contributed by atoms with Gasteiger partial charge < -0.3 is 20.3 Å². The summed E-state index contributed by atoms with van der Waals surface area (Å²) in [6, 6.07) is 8.01. The third-order valence-corrected chi connectivity index (χ3v) is 4.54. The zero-order valence-electron chi connectivity index (χ0n) is 14.7. The summed E-state index contributed by atoms with van der Waals surface area (Å²) in [5.41, 5.74) is 8.07. The zero-order chi connectivity index (χ0) is 17.2. The third kappa shape index (κ3) is 4.73. The van der Waals surface area contributed by atoms with E-state index in [2.05, 4.69) is 20.4 Å². The first-order valence-corrected chi connectivity index (χ1v) is 8.80. The molecule has 1 aliphatic carbocycles. The van der Waals surface area contributed by atoms with E-state index in [-0.39, 0.29) is 36.2 Å². The number of hydrogen-bond acceptors (Lipinski definition) is 5. The van der Waals surface area contributed by atoms with Gasteiger partial charge in [0.15, 0.2) is 11.8 Å².